The minimum absolute atomic E-state index is 0.0182. The molecule has 172 valence electrons. The fourth-order valence-corrected chi connectivity index (χ4v) is 4.24. The SMILES string of the molecule is CC(C)c1nn(C(C)c2oc3cccc(F)c3c(=O)c2-c2cccc(F)c2)c2ncnc(N)c12. The number of halogens is 2. The van der Waals surface area contributed by atoms with Crippen LogP contribution in [0.1, 0.15) is 44.2 Å². The Morgan fingerprint density at radius 3 is 2.53 bits per heavy atom. The van der Waals surface area contributed by atoms with E-state index < -0.39 is 23.1 Å². The largest absolute Gasteiger partial charge is 0.458 e. The van der Waals surface area contributed by atoms with Crippen LogP contribution in [0.4, 0.5) is 14.6 Å². The van der Waals surface area contributed by atoms with Crippen LogP contribution in [0, 0.1) is 11.6 Å². The Morgan fingerprint density at radius 1 is 1.03 bits per heavy atom. The molecule has 34 heavy (non-hydrogen) atoms. The molecule has 0 saturated carbocycles. The van der Waals surface area contributed by atoms with Gasteiger partial charge in [-0.25, -0.2) is 23.4 Å². The summed E-state index contributed by atoms with van der Waals surface area (Å²) in [5.41, 5.74) is 7.12. The molecule has 9 heteroatoms. The summed E-state index contributed by atoms with van der Waals surface area (Å²) < 4.78 is 36.5. The summed E-state index contributed by atoms with van der Waals surface area (Å²) in [7, 11) is 0. The van der Waals surface area contributed by atoms with Crippen molar-refractivity contribution in [3.05, 3.63) is 82.1 Å². The molecule has 0 bridgehead atoms. The van der Waals surface area contributed by atoms with Crippen LogP contribution in [0.25, 0.3) is 33.1 Å². The quantitative estimate of drug-likeness (QED) is 0.395. The van der Waals surface area contributed by atoms with Gasteiger partial charge in [-0.2, -0.15) is 5.10 Å². The highest BCUT2D eigenvalue weighted by molar-refractivity contribution is 5.89. The van der Waals surface area contributed by atoms with Gasteiger partial charge in [-0.3, -0.25) is 4.79 Å². The van der Waals surface area contributed by atoms with Gasteiger partial charge in [0.15, 0.2) is 5.65 Å². The van der Waals surface area contributed by atoms with Crippen LogP contribution in [0.2, 0.25) is 0 Å². The van der Waals surface area contributed by atoms with E-state index in [0.29, 0.717) is 22.5 Å². The first kappa shape index (κ1) is 21.7. The number of fused-ring (bicyclic) bond motifs is 2. The van der Waals surface area contributed by atoms with Crippen LogP contribution in [-0.4, -0.2) is 19.7 Å². The van der Waals surface area contributed by atoms with Gasteiger partial charge >= 0.3 is 0 Å². The Labute approximate surface area is 192 Å². The van der Waals surface area contributed by atoms with Gasteiger partial charge in [0.1, 0.15) is 46.6 Å². The number of rotatable bonds is 4. The molecule has 7 nitrogen and oxygen atoms in total. The maximum atomic E-state index is 14.6. The van der Waals surface area contributed by atoms with E-state index in [2.05, 4.69) is 9.97 Å². The molecule has 3 heterocycles. The summed E-state index contributed by atoms with van der Waals surface area (Å²) in [5.74, 6) is -0.735. The topological polar surface area (TPSA) is 99.8 Å². The van der Waals surface area contributed by atoms with Crippen molar-refractivity contribution in [2.45, 2.75) is 32.7 Å². The smallest absolute Gasteiger partial charge is 0.203 e. The normalized spacial score (nSPS) is 12.6. The average Bonchev–Trinajstić information content (AvgIpc) is 3.20. The Hall–Kier alpha value is -4.14. The third kappa shape index (κ3) is 3.32. The third-order valence-corrected chi connectivity index (χ3v) is 5.85. The Kier molecular flexibility index (Phi) is 5.11. The van der Waals surface area contributed by atoms with E-state index in [4.69, 9.17) is 15.2 Å². The van der Waals surface area contributed by atoms with Gasteiger partial charge in [-0.15, -0.1) is 0 Å². The summed E-state index contributed by atoms with van der Waals surface area (Å²) in [4.78, 5) is 22.0. The lowest BCUT2D eigenvalue weighted by Gasteiger charge is -2.17. The maximum Gasteiger partial charge on any atom is 0.203 e. The Morgan fingerprint density at radius 2 is 1.79 bits per heavy atom. The van der Waals surface area contributed by atoms with Crippen molar-refractivity contribution in [1.82, 2.24) is 19.7 Å². The second-order valence-electron chi connectivity index (χ2n) is 8.41. The molecule has 1 unspecified atom stereocenters. The van der Waals surface area contributed by atoms with Crippen molar-refractivity contribution in [3.8, 4) is 11.1 Å². The molecule has 1 atom stereocenters. The van der Waals surface area contributed by atoms with E-state index in [9.17, 15) is 13.6 Å². The van der Waals surface area contributed by atoms with Crippen LogP contribution in [-0.2, 0) is 0 Å². The van der Waals surface area contributed by atoms with Crippen molar-refractivity contribution in [2.75, 3.05) is 5.73 Å². The molecule has 3 aromatic heterocycles. The second kappa shape index (κ2) is 8.02. The number of anilines is 1. The van der Waals surface area contributed by atoms with Crippen LogP contribution < -0.4 is 11.2 Å². The molecule has 2 aromatic carbocycles. The van der Waals surface area contributed by atoms with Crippen molar-refractivity contribution in [1.29, 1.82) is 0 Å². The van der Waals surface area contributed by atoms with Crippen LogP contribution in [0.5, 0.6) is 0 Å². The number of aromatic nitrogens is 4. The van der Waals surface area contributed by atoms with Gasteiger partial charge in [-0.05, 0) is 42.7 Å². The van der Waals surface area contributed by atoms with E-state index in [1.807, 2.05) is 13.8 Å². The highest BCUT2D eigenvalue weighted by Crippen LogP contribution is 2.35. The maximum absolute atomic E-state index is 14.6. The average molecular weight is 461 g/mol. The van der Waals surface area contributed by atoms with Gasteiger partial charge in [-0.1, -0.05) is 32.0 Å². The van der Waals surface area contributed by atoms with Crippen LogP contribution >= 0.6 is 0 Å². The van der Waals surface area contributed by atoms with E-state index in [-0.39, 0.29) is 33.8 Å². The summed E-state index contributed by atoms with van der Waals surface area (Å²) in [6, 6.07) is 9.06. The Bertz CT molecular complexity index is 1620. The zero-order chi connectivity index (χ0) is 24.1. The Balaban J connectivity index is 1.85. The first-order valence-electron chi connectivity index (χ1n) is 10.8. The fraction of sp³-hybridized carbons (Fsp3) is 0.200. The molecule has 0 spiro atoms. The first-order chi connectivity index (χ1) is 16.3. The van der Waals surface area contributed by atoms with Gasteiger partial charge in [0.05, 0.1) is 16.6 Å². The molecule has 0 saturated heterocycles. The lowest BCUT2D eigenvalue weighted by atomic mass is 9.99. The molecule has 5 rings (SSSR count). The number of benzene rings is 2. The summed E-state index contributed by atoms with van der Waals surface area (Å²) in [6.07, 6.45) is 1.34. The molecule has 0 aliphatic carbocycles. The molecule has 0 amide bonds. The third-order valence-electron chi connectivity index (χ3n) is 5.85. The summed E-state index contributed by atoms with van der Waals surface area (Å²) in [6.45, 7) is 5.72. The molecule has 0 aliphatic heterocycles. The zero-order valence-corrected chi connectivity index (χ0v) is 18.7. The van der Waals surface area contributed by atoms with Gasteiger partial charge < -0.3 is 10.2 Å². The van der Waals surface area contributed by atoms with Crippen molar-refractivity contribution >= 4 is 27.8 Å². The van der Waals surface area contributed by atoms with Crippen molar-refractivity contribution in [2.24, 2.45) is 0 Å². The molecular formula is C25H21F2N5O2. The zero-order valence-electron chi connectivity index (χ0n) is 18.7. The van der Waals surface area contributed by atoms with Crippen LogP contribution in [0.3, 0.4) is 0 Å². The highest BCUT2D eigenvalue weighted by atomic mass is 19.1. The van der Waals surface area contributed by atoms with E-state index in [1.165, 1.54) is 42.7 Å². The lowest BCUT2D eigenvalue weighted by Crippen LogP contribution is -2.17. The standard InChI is InChI=1S/C25H21F2N5O2/c1-12(2)21-20-24(28)29-11-30-25(20)32(31-21)13(3)23-18(14-6-4-7-15(26)10-14)22(33)19-16(27)8-5-9-17(19)34-23/h4-13H,1-3H3,(H2,28,29,30). The highest BCUT2D eigenvalue weighted by Gasteiger charge is 2.27. The lowest BCUT2D eigenvalue weighted by molar-refractivity contribution is 0.441. The molecule has 0 fully saturated rings. The van der Waals surface area contributed by atoms with E-state index in [0.717, 1.165) is 0 Å². The summed E-state index contributed by atoms with van der Waals surface area (Å²) >= 11 is 0. The van der Waals surface area contributed by atoms with Crippen LogP contribution in [0.15, 0.2) is 58.0 Å². The number of nitrogens with two attached hydrogens (primary N) is 1. The number of nitrogens with zero attached hydrogens (tertiary/aromatic N) is 4. The predicted octanol–water partition coefficient (Wildman–Crippen LogP) is 5.19. The van der Waals surface area contributed by atoms with Gasteiger partial charge in [0, 0.05) is 0 Å². The summed E-state index contributed by atoms with van der Waals surface area (Å²) in [5, 5.41) is 5.15. The predicted molar refractivity (Wildman–Crippen MR) is 125 cm³/mol. The minimum Gasteiger partial charge on any atom is -0.458 e. The monoisotopic (exact) mass is 461 g/mol. The number of hydrogen-bond donors (Lipinski definition) is 1. The minimum atomic E-state index is -0.713. The van der Waals surface area contributed by atoms with E-state index >= 15 is 0 Å². The molecule has 0 aliphatic rings. The first-order valence-corrected chi connectivity index (χ1v) is 10.8. The number of nitrogen functional groups attached to an aromatic ring is 1. The van der Waals surface area contributed by atoms with Crippen molar-refractivity contribution in [3.63, 3.8) is 0 Å². The van der Waals surface area contributed by atoms with Gasteiger partial charge in [0.2, 0.25) is 5.43 Å². The fourth-order valence-electron chi connectivity index (χ4n) is 4.24. The van der Waals surface area contributed by atoms with E-state index in [1.54, 1.807) is 17.7 Å². The molecule has 0 radical (unpaired) electrons. The number of hydrogen-bond acceptors (Lipinski definition) is 6. The van der Waals surface area contributed by atoms with Gasteiger partial charge in [0.25, 0.3) is 0 Å². The van der Waals surface area contributed by atoms with Crippen molar-refractivity contribution < 1.29 is 13.2 Å². The molecule has 2 N–H and O–H groups in total. The molecule has 5 aromatic rings. The molecular weight excluding hydrogens is 440 g/mol. The second-order valence-corrected chi connectivity index (χ2v) is 8.41.